The van der Waals surface area contributed by atoms with Gasteiger partial charge in [0.25, 0.3) is 0 Å². The highest BCUT2D eigenvalue weighted by atomic mass is 16.2. The smallest absolute Gasteiger partial charge is 0.317 e. The third kappa shape index (κ3) is 3.16. The van der Waals surface area contributed by atoms with Gasteiger partial charge in [0.15, 0.2) is 0 Å². The van der Waals surface area contributed by atoms with Gasteiger partial charge in [-0.1, -0.05) is 25.7 Å². The largest absolute Gasteiger partial charge is 0.335 e. The minimum atomic E-state index is 0.0848. The van der Waals surface area contributed by atoms with E-state index in [-0.39, 0.29) is 11.4 Å². The van der Waals surface area contributed by atoms with E-state index in [2.05, 4.69) is 5.32 Å². The molecule has 0 aliphatic heterocycles. The van der Waals surface area contributed by atoms with E-state index in [1.165, 1.54) is 38.5 Å². The Morgan fingerprint density at radius 1 is 1.28 bits per heavy atom. The Morgan fingerprint density at radius 2 is 1.94 bits per heavy atom. The molecular formula is C14H27N3O. The van der Waals surface area contributed by atoms with Crippen LogP contribution in [0.4, 0.5) is 4.79 Å². The van der Waals surface area contributed by atoms with E-state index in [1.807, 2.05) is 11.9 Å². The minimum Gasteiger partial charge on any atom is -0.335 e. The lowest BCUT2D eigenvalue weighted by molar-refractivity contribution is 0.0961. The summed E-state index contributed by atoms with van der Waals surface area (Å²) in [4.78, 5) is 14.0. The third-order valence-corrected chi connectivity index (χ3v) is 4.70. The molecule has 2 saturated carbocycles. The Hall–Kier alpha value is -0.770. The summed E-state index contributed by atoms with van der Waals surface area (Å²) in [6, 6.07) is 0.477. The van der Waals surface area contributed by atoms with E-state index in [0.29, 0.717) is 12.6 Å². The number of urea groups is 1. The zero-order chi connectivity index (χ0) is 13.0. The van der Waals surface area contributed by atoms with Gasteiger partial charge in [-0.15, -0.1) is 0 Å². The van der Waals surface area contributed by atoms with E-state index < -0.39 is 0 Å². The molecule has 0 spiro atoms. The maximum Gasteiger partial charge on any atom is 0.317 e. The molecule has 0 heterocycles. The highest BCUT2D eigenvalue weighted by molar-refractivity contribution is 5.74. The molecule has 0 aromatic rings. The Labute approximate surface area is 110 Å². The fraction of sp³-hybridized carbons (Fsp3) is 0.929. The van der Waals surface area contributed by atoms with Gasteiger partial charge in [-0.05, 0) is 32.2 Å². The Kier molecular flexibility index (Phi) is 4.49. The van der Waals surface area contributed by atoms with Crippen molar-refractivity contribution in [3.8, 4) is 0 Å². The molecule has 0 unspecified atom stereocenters. The van der Waals surface area contributed by atoms with Gasteiger partial charge in [0, 0.05) is 25.0 Å². The van der Waals surface area contributed by atoms with Crippen LogP contribution in [0.15, 0.2) is 0 Å². The summed E-state index contributed by atoms with van der Waals surface area (Å²) >= 11 is 0. The number of nitrogens with zero attached hydrogens (tertiary/aromatic N) is 1. The van der Waals surface area contributed by atoms with Crippen molar-refractivity contribution < 1.29 is 4.79 Å². The Morgan fingerprint density at radius 3 is 2.44 bits per heavy atom. The fourth-order valence-electron chi connectivity index (χ4n) is 3.21. The van der Waals surface area contributed by atoms with Gasteiger partial charge in [-0.25, -0.2) is 4.79 Å². The van der Waals surface area contributed by atoms with Gasteiger partial charge >= 0.3 is 6.03 Å². The van der Waals surface area contributed by atoms with Gasteiger partial charge in [0.2, 0.25) is 0 Å². The maximum absolute atomic E-state index is 12.1. The van der Waals surface area contributed by atoms with E-state index >= 15 is 0 Å². The maximum atomic E-state index is 12.1. The van der Waals surface area contributed by atoms with Crippen LogP contribution >= 0.6 is 0 Å². The molecule has 2 rings (SSSR count). The average molecular weight is 253 g/mol. The minimum absolute atomic E-state index is 0.0848. The lowest BCUT2D eigenvalue weighted by Crippen LogP contribution is -2.51. The van der Waals surface area contributed by atoms with Crippen LogP contribution in [0.25, 0.3) is 0 Å². The van der Waals surface area contributed by atoms with Crippen LogP contribution in [0.2, 0.25) is 0 Å². The molecule has 18 heavy (non-hydrogen) atoms. The first-order valence-corrected chi connectivity index (χ1v) is 7.37. The molecule has 104 valence electrons. The SMILES string of the molecule is CN(CC1(CN)CCC1)C(=O)NC1CCCCC1. The molecule has 4 heteroatoms. The van der Waals surface area contributed by atoms with Crippen molar-refractivity contribution in [1.82, 2.24) is 10.2 Å². The standard InChI is InChI=1S/C14H27N3O/c1-17(11-14(10-15)8-5-9-14)13(18)16-12-6-3-2-4-7-12/h12H,2-11,15H2,1H3,(H,16,18). The van der Waals surface area contributed by atoms with Crippen molar-refractivity contribution in [2.45, 2.75) is 57.4 Å². The molecule has 0 radical (unpaired) electrons. The summed E-state index contributed by atoms with van der Waals surface area (Å²) in [6.45, 7) is 1.51. The van der Waals surface area contributed by atoms with Crippen molar-refractivity contribution in [3.05, 3.63) is 0 Å². The monoisotopic (exact) mass is 253 g/mol. The topological polar surface area (TPSA) is 58.4 Å². The molecule has 0 bridgehead atoms. The van der Waals surface area contributed by atoms with Gasteiger partial charge < -0.3 is 16.0 Å². The normalized spacial score (nSPS) is 23.2. The molecule has 3 N–H and O–H groups in total. The fourth-order valence-corrected chi connectivity index (χ4v) is 3.21. The second kappa shape index (κ2) is 5.91. The van der Waals surface area contributed by atoms with Crippen LogP contribution in [0, 0.1) is 5.41 Å². The molecule has 0 atom stereocenters. The third-order valence-electron chi connectivity index (χ3n) is 4.70. The summed E-state index contributed by atoms with van der Waals surface area (Å²) < 4.78 is 0. The summed E-state index contributed by atoms with van der Waals surface area (Å²) in [5.41, 5.74) is 6.05. The molecular weight excluding hydrogens is 226 g/mol. The second-order valence-corrected chi connectivity index (χ2v) is 6.20. The average Bonchev–Trinajstić information content (AvgIpc) is 2.34. The van der Waals surface area contributed by atoms with Crippen molar-refractivity contribution in [2.24, 2.45) is 11.1 Å². The first kappa shape index (κ1) is 13.7. The molecule has 2 aliphatic carbocycles. The van der Waals surface area contributed by atoms with Crippen molar-refractivity contribution in [3.63, 3.8) is 0 Å². The Balaban J connectivity index is 1.77. The number of hydrogen-bond donors (Lipinski definition) is 2. The lowest BCUT2D eigenvalue weighted by atomic mass is 9.68. The van der Waals surface area contributed by atoms with Crippen molar-refractivity contribution in [2.75, 3.05) is 20.1 Å². The number of carbonyl (C=O) groups is 1. The predicted octanol–water partition coefficient (Wildman–Crippen LogP) is 2.09. The molecule has 0 aromatic heterocycles. The van der Waals surface area contributed by atoms with Crippen LogP contribution in [0.3, 0.4) is 0 Å². The van der Waals surface area contributed by atoms with Gasteiger partial charge in [0.05, 0.1) is 0 Å². The molecule has 0 aromatic carbocycles. The van der Waals surface area contributed by atoms with E-state index in [9.17, 15) is 4.79 Å². The summed E-state index contributed by atoms with van der Waals surface area (Å²) in [5.74, 6) is 0. The first-order chi connectivity index (χ1) is 8.65. The quantitative estimate of drug-likeness (QED) is 0.806. The summed E-state index contributed by atoms with van der Waals surface area (Å²) in [5, 5.41) is 3.16. The lowest BCUT2D eigenvalue weighted by Gasteiger charge is -2.43. The van der Waals surface area contributed by atoms with Crippen molar-refractivity contribution >= 4 is 6.03 Å². The van der Waals surface area contributed by atoms with Crippen LogP contribution in [-0.2, 0) is 0 Å². The Bertz CT molecular complexity index is 277. The molecule has 2 amide bonds. The van der Waals surface area contributed by atoms with Gasteiger partial charge in [-0.2, -0.15) is 0 Å². The van der Waals surface area contributed by atoms with E-state index in [1.54, 1.807) is 0 Å². The highest BCUT2D eigenvalue weighted by Gasteiger charge is 2.37. The number of hydrogen-bond acceptors (Lipinski definition) is 2. The molecule has 0 saturated heterocycles. The summed E-state index contributed by atoms with van der Waals surface area (Å²) in [7, 11) is 1.90. The molecule has 2 aliphatic rings. The number of rotatable bonds is 4. The van der Waals surface area contributed by atoms with E-state index in [4.69, 9.17) is 5.73 Å². The number of nitrogens with one attached hydrogen (secondary N) is 1. The van der Waals surface area contributed by atoms with Gasteiger partial charge in [0.1, 0.15) is 0 Å². The zero-order valence-corrected chi connectivity index (χ0v) is 11.6. The number of carbonyl (C=O) groups excluding carboxylic acids is 1. The first-order valence-electron chi connectivity index (χ1n) is 7.37. The number of nitrogens with two attached hydrogens (primary N) is 1. The predicted molar refractivity (Wildman–Crippen MR) is 73.4 cm³/mol. The molecule has 2 fully saturated rings. The van der Waals surface area contributed by atoms with Crippen LogP contribution in [-0.4, -0.2) is 37.1 Å². The summed E-state index contributed by atoms with van der Waals surface area (Å²) in [6.07, 6.45) is 9.70. The van der Waals surface area contributed by atoms with Crippen LogP contribution in [0.5, 0.6) is 0 Å². The van der Waals surface area contributed by atoms with Gasteiger partial charge in [-0.3, -0.25) is 0 Å². The zero-order valence-electron chi connectivity index (χ0n) is 11.6. The second-order valence-electron chi connectivity index (χ2n) is 6.20. The van der Waals surface area contributed by atoms with Crippen LogP contribution in [0.1, 0.15) is 51.4 Å². The van der Waals surface area contributed by atoms with Crippen LogP contribution < -0.4 is 11.1 Å². The number of amides is 2. The van der Waals surface area contributed by atoms with E-state index in [0.717, 1.165) is 19.4 Å². The van der Waals surface area contributed by atoms with Crippen molar-refractivity contribution in [1.29, 1.82) is 0 Å². The molecule has 4 nitrogen and oxygen atoms in total. The highest BCUT2D eigenvalue weighted by Crippen LogP contribution is 2.40.